The van der Waals surface area contributed by atoms with E-state index >= 15 is 0 Å². The molecule has 4 heterocycles. The molecule has 0 aliphatic carbocycles. The highest BCUT2D eigenvalue weighted by Gasteiger charge is 2.35. The van der Waals surface area contributed by atoms with Crippen LogP contribution in [0.15, 0.2) is 30.5 Å². The lowest BCUT2D eigenvalue weighted by molar-refractivity contribution is -0.141. The number of piperidine rings is 1. The summed E-state index contributed by atoms with van der Waals surface area (Å²) >= 11 is 0. The number of hydrogen-bond donors (Lipinski definition) is 2. The van der Waals surface area contributed by atoms with E-state index in [1.807, 2.05) is 18.7 Å². The number of hydrogen-bond acceptors (Lipinski definition) is 6. The van der Waals surface area contributed by atoms with Crippen molar-refractivity contribution in [3.05, 3.63) is 47.4 Å². The quantitative estimate of drug-likeness (QED) is 0.618. The zero-order chi connectivity index (χ0) is 25.2. The Labute approximate surface area is 202 Å². The van der Waals surface area contributed by atoms with E-state index in [-0.39, 0.29) is 18.5 Å². The van der Waals surface area contributed by atoms with Crippen molar-refractivity contribution in [1.82, 2.24) is 15.3 Å². The van der Waals surface area contributed by atoms with Crippen molar-refractivity contribution >= 4 is 17.5 Å². The molecule has 0 spiro atoms. The Kier molecular flexibility index (Phi) is 7.18. The van der Waals surface area contributed by atoms with Gasteiger partial charge < -0.3 is 25.0 Å². The molecule has 0 saturated carbocycles. The Morgan fingerprint density at radius 2 is 1.94 bits per heavy atom. The lowest BCUT2D eigenvalue weighted by atomic mass is 9.99. The molecular formula is C24H30F3N5O3. The molecule has 1 unspecified atom stereocenters. The molecule has 190 valence electrons. The van der Waals surface area contributed by atoms with Gasteiger partial charge in [-0.2, -0.15) is 13.2 Å². The van der Waals surface area contributed by atoms with E-state index in [4.69, 9.17) is 9.47 Å². The first-order chi connectivity index (χ1) is 16.5. The molecule has 2 aliphatic rings. The number of halogens is 3. The molecular weight excluding hydrogens is 463 g/mol. The second-order valence-electron chi connectivity index (χ2n) is 9.44. The van der Waals surface area contributed by atoms with Gasteiger partial charge in [-0.3, -0.25) is 4.98 Å². The van der Waals surface area contributed by atoms with E-state index in [2.05, 4.69) is 27.5 Å². The van der Waals surface area contributed by atoms with Gasteiger partial charge in [0, 0.05) is 25.2 Å². The van der Waals surface area contributed by atoms with Gasteiger partial charge in [-0.15, -0.1) is 0 Å². The fourth-order valence-corrected chi connectivity index (χ4v) is 4.12. The van der Waals surface area contributed by atoms with Crippen molar-refractivity contribution < 1.29 is 27.4 Å². The normalized spacial score (nSPS) is 20.6. The van der Waals surface area contributed by atoms with Crippen LogP contribution in [0.1, 0.15) is 56.7 Å². The van der Waals surface area contributed by atoms with Crippen LogP contribution >= 0.6 is 0 Å². The maximum absolute atomic E-state index is 13.3. The number of nitrogens with zero attached hydrogens (tertiary/aromatic N) is 3. The molecule has 2 amide bonds. The van der Waals surface area contributed by atoms with E-state index in [0.29, 0.717) is 42.6 Å². The number of carbonyl (C=O) groups excluding carboxylic acids is 1. The fourth-order valence-electron chi connectivity index (χ4n) is 4.12. The van der Waals surface area contributed by atoms with Crippen LogP contribution in [0.4, 0.5) is 29.5 Å². The van der Waals surface area contributed by atoms with Crippen molar-refractivity contribution in [3.8, 4) is 0 Å². The highest BCUT2D eigenvalue weighted by atomic mass is 19.4. The van der Waals surface area contributed by atoms with E-state index in [0.717, 1.165) is 18.9 Å². The largest absolute Gasteiger partial charge is 0.433 e. The molecule has 1 atom stereocenters. The van der Waals surface area contributed by atoms with E-state index in [9.17, 15) is 18.0 Å². The van der Waals surface area contributed by atoms with E-state index in [1.165, 1.54) is 12.3 Å². The summed E-state index contributed by atoms with van der Waals surface area (Å²) in [6.07, 6.45) is -1.54. The number of anilines is 2. The maximum Gasteiger partial charge on any atom is 0.433 e. The molecule has 2 aromatic heterocycles. The van der Waals surface area contributed by atoms with Crippen LogP contribution < -0.4 is 15.5 Å². The number of amides is 2. The van der Waals surface area contributed by atoms with Crippen molar-refractivity contribution in [2.45, 2.75) is 58.2 Å². The predicted octanol–water partition coefficient (Wildman–Crippen LogP) is 4.88. The summed E-state index contributed by atoms with van der Waals surface area (Å²) in [7, 11) is 0. The average molecular weight is 494 g/mol. The minimum absolute atomic E-state index is 0.0339. The standard InChI is InChI=1S/C24H30F3N5O3/c1-15-8-10-32(11-9-15)21-16(4-7-20(31-21)24(25,26)27)12-29-22(33)30-17-5-6-18(28-13-17)19-14-34-23(2,3)35-19/h4-7,13,15,19H,8-12,14H2,1-3H3,(H2,29,30,33). The number of ether oxygens (including phenoxy) is 2. The van der Waals surface area contributed by atoms with Crippen LogP contribution in [0.3, 0.4) is 0 Å². The van der Waals surface area contributed by atoms with Crippen molar-refractivity contribution in [2.75, 3.05) is 29.9 Å². The number of nitrogens with one attached hydrogen (secondary N) is 2. The lowest BCUT2D eigenvalue weighted by Crippen LogP contribution is -2.35. The van der Waals surface area contributed by atoms with Crippen LogP contribution in [-0.4, -0.2) is 41.5 Å². The van der Waals surface area contributed by atoms with Gasteiger partial charge in [-0.05, 0) is 50.8 Å². The number of carbonyl (C=O) groups is 1. The monoisotopic (exact) mass is 493 g/mol. The Bertz CT molecular complexity index is 1040. The summed E-state index contributed by atoms with van der Waals surface area (Å²) in [5, 5.41) is 5.39. The van der Waals surface area contributed by atoms with E-state index < -0.39 is 23.7 Å². The first-order valence-electron chi connectivity index (χ1n) is 11.6. The second-order valence-corrected chi connectivity index (χ2v) is 9.44. The summed E-state index contributed by atoms with van der Waals surface area (Å²) in [5.41, 5.74) is 0.751. The highest BCUT2D eigenvalue weighted by Crippen LogP contribution is 2.33. The molecule has 11 heteroatoms. The number of aromatic nitrogens is 2. The van der Waals surface area contributed by atoms with Crippen LogP contribution in [0.25, 0.3) is 0 Å². The Morgan fingerprint density at radius 3 is 2.54 bits per heavy atom. The third-order valence-corrected chi connectivity index (χ3v) is 6.15. The Morgan fingerprint density at radius 1 is 1.20 bits per heavy atom. The first kappa shape index (κ1) is 25.2. The molecule has 0 bridgehead atoms. The van der Waals surface area contributed by atoms with Gasteiger partial charge in [-0.25, -0.2) is 9.78 Å². The Balaban J connectivity index is 1.39. The molecule has 2 fully saturated rings. The van der Waals surface area contributed by atoms with Crippen LogP contribution in [-0.2, 0) is 22.2 Å². The molecule has 2 aliphatic heterocycles. The van der Waals surface area contributed by atoms with Gasteiger partial charge in [0.15, 0.2) is 5.79 Å². The van der Waals surface area contributed by atoms with Crippen LogP contribution in [0.5, 0.6) is 0 Å². The average Bonchev–Trinajstić information content (AvgIpc) is 3.17. The van der Waals surface area contributed by atoms with Crippen LogP contribution in [0, 0.1) is 5.92 Å². The van der Waals surface area contributed by atoms with Crippen molar-refractivity contribution in [3.63, 3.8) is 0 Å². The number of alkyl halides is 3. The molecule has 2 aromatic rings. The minimum Gasteiger partial charge on any atom is -0.356 e. The van der Waals surface area contributed by atoms with Gasteiger partial charge in [0.25, 0.3) is 0 Å². The van der Waals surface area contributed by atoms with Gasteiger partial charge >= 0.3 is 12.2 Å². The number of urea groups is 1. The summed E-state index contributed by atoms with van der Waals surface area (Å²) in [6.45, 7) is 7.46. The molecule has 8 nitrogen and oxygen atoms in total. The third kappa shape index (κ3) is 6.40. The number of pyridine rings is 2. The van der Waals surface area contributed by atoms with Gasteiger partial charge in [-0.1, -0.05) is 13.0 Å². The van der Waals surface area contributed by atoms with Gasteiger partial charge in [0.05, 0.1) is 24.2 Å². The predicted molar refractivity (Wildman–Crippen MR) is 124 cm³/mol. The molecule has 4 rings (SSSR count). The van der Waals surface area contributed by atoms with Crippen LogP contribution in [0.2, 0.25) is 0 Å². The smallest absolute Gasteiger partial charge is 0.356 e. The summed E-state index contributed by atoms with van der Waals surface area (Å²) < 4.78 is 51.1. The third-order valence-electron chi connectivity index (χ3n) is 6.15. The lowest BCUT2D eigenvalue weighted by Gasteiger charge is -2.33. The SMILES string of the molecule is CC1CCN(c2nc(C(F)(F)F)ccc2CNC(=O)Nc2ccc(C3COC(C)(C)O3)nc2)CC1. The Hall–Kier alpha value is -2.92. The molecule has 35 heavy (non-hydrogen) atoms. The maximum atomic E-state index is 13.3. The zero-order valence-corrected chi connectivity index (χ0v) is 20.0. The fraction of sp³-hybridized carbons (Fsp3) is 0.542. The van der Waals surface area contributed by atoms with Crippen molar-refractivity contribution in [1.29, 1.82) is 0 Å². The van der Waals surface area contributed by atoms with Gasteiger partial charge in [0.2, 0.25) is 0 Å². The molecule has 0 aromatic carbocycles. The highest BCUT2D eigenvalue weighted by molar-refractivity contribution is 5.89. The molecule has 2 saturated heterocycles. The first-order valence-corrected chi connectivity index (χ1v) is 11.6. The summed E-state index contributed by atoms with van der Waals surface area (Å²) in [4.78, 5) is 22.6. The zero-order valence-electron chi connectivity index (χ0n) is 20.0. The van der Waals surface area contributed by atoms with E-state index in [1.54, 1.807) is 12.1 Å². The van der Waals surface area contributed by atoms with Gasteiger partial charge in [0.1, 0.15) is 17.6 Å². The molecule has 0 radical (unpaired) electrons. The summed E-state index contributed by atoms with van der Waals surface area (Å²) in [5.74, 6) is 0.116. The topological polar surface area (TPSA) is 88.6 Å². The summed E-state index contributed by atoms with van der Waals surface area (Å²) in [6, 6.07) is 5.28. The number of rotatable bonds is 5. The minimum atomic E-state index is -4.54. The molecule has 2 N–H and O–H groups in total. The second kappa shape index (κ2) is 9.98. The van der Waals surface area contributed by atoms with Crippen molar-refractivity contribution in [2.24, 2.45) is 5.92 Å².